The number of nitrogens with zero attached hydrogens (tertiary/aromatic N) is 2. The van der Waals surface area contributed by atoms with Crippen LogP contribution in [0.15, 0.2) is 46.9 Å². The van der Waals surface area contributed by atoms with Crippen molar-refractivity contribution in [2.75, 3.05) is 6.79 Å². The largest absolute Gasteiger partial charge is 0.460 e. The Bertz CT molecular complexity index is 1650. The molecule has 0 bridgehead atoms. The molecule has 0 fully saturated rings. The zero-order valence-electron chi connectivity index (χ0n) is 21.2. The summed E-state index contributed by atoms with van der Waals surface area (Å²) in [5.74, 6) is 0.826. The lowest BCUT2D eigenvalue weighted by Gasteiger charge is -2.24. The molecule has 0 saturated carbocycles. The molecular formula is C29H28N4O5. The van der Waals surface area contributed by atoms with Crippen LogP contribution in [-0.4, -0.2) is 28.4 Å². The molecule has 2 aromatic heterocycles. The van der Waals surface area contributed by atoms with E-state index in [9.17, 15) is 9.59 Å². The molecule has 0 saturated heterocycles. The lowest BCUT2D eigenvalue weighted by molar-refractivity contribution is -0.148. The van der Waals surface area contributed by atoms with E-state index in [0.29, 0.717) is 36.6 Å². The van der Waals surface area contributed by atoms with E-state index in [1.165, 1.54) is 0 Å². The number of nitrogens with one attached hydrogen (secondary N) is 1. The van der Waals surface area contributed by atoms with Gasteiger partial charge in [-0.3, -0.25) is 9.59 Å². The molecule has 3 unspecified atom stereocenters. The van der Waals surface area contributed by atoms with Gasteiger partial charge >= 0.3 is 5.97 Å². The van der Waals surface area contributed by atoms with Gasteiger partial charge in [-0.2, -0.15) is 0 Å². The monoisotopic (exact) mass is 512 g/mol. The first-order valence-electron chi connectivity index (χ1n) is 13.0. The first-order valence-corrected chi connectivity index (χ1v) is 13.0. The second kappa shape index (κ2) is 8.46. The standard InChI is InChI=1S/C29H28N4O5/c1-3-16-17-7-24-27-20(11-33(24)28(34)21(17)12-36-29(16)35)19(10-31-15-4-5-22(30)14(2)6-15)18-8-25-26(38-13-37-25)9-23(18)32-27/h4-9,14,16,22,31H,3,10-13,30H2,1-2H3. The van der Waals surface area contributed by atoms with Crippen molar-refractivity contribution in [3.05, 3.63) is 74.7 Å². The van der Waals surface area contributed by atoms with Crippen LogP contribution in [0.25, 0.3) is 22.3 Å². The summed E-state index contributed by atoms with van der Waals surface area (Å²) < 4.78 is 18.4. The van der Waals surface area contributed by atoms with E-state index in [2.05, 4.69) is 18.3 Å². The lowest BCUT2D eigenvalue weighted by Crippen LogP contribution is -2.32. The minimum Gasteiger partial charge on any atom is -0.460 e. The van der Waals surface area contributed by atoms with Gasteiger partial charge in [0.15, 0.2) is 11.5 Å². The van der Waals surface area contributed by atoms with Crippen molar-refractivity contribution in [3.8, 4) is 22.9 Å². The fraction of sp³-hybridized carbons (Fsp3) is 0.345. The van der Waals surface area contributed by atoms with Crippen LogP contribution in [0.2, 0.25) is 0 Å². The Hall–Kier alpha value is -4.11. The van der Waals surface area contributed by atoms with E-state index in [1.54, 1.807) is 4.57 Å². The second-order valence-corrected chi connectivity index (χ2v) is 10.3. The molecule has 9 nitrogen and oxygen atoms in total. The third-order valence-electron chi connectivity index (χ3n) is 8.14. The second-order valence-electron chi connectivity index (χ2n) is 10.3. The number of allylic oxidation sites excluding steroid dienone is 1. The molecule has 3 aliphatic heterocycles. The minimum absolute atomic E-state index is 0.00139. The summed E-state index contributed by atoms with van der Waals surface area (Å²) in [6.45, 7) is 5.13. The number of cyclic esters (lactones) is 1. The van der Waals surface area contributed by atoms with E-state index in [4.69, 9.17) is 24.9 Å². The van der Waals surface area contributed by atoms with E-state index >= 15 is 0 Å². The Labute approximate surface area is 218 Å². The van der Waals surface area contributed by atoms with E-state index < -0.39 is 5.92 Å². The van der Waals surface area contributed by atoms with Gasteiger partial charge < -0.3 is 29.8 Å². The molecule has 9 heteroatoms. The maximum absolute atomic E-state index is 13.6. The van der Waals surface area contributed by atoms with Crippen molar-refractivity contribution < 1.29 is 19.0 Å². The SMILES string of the molecule is CCC1C(=O)OCc2c1cc1n(c2=O)Cc2c-1nc1cc3c(cc1c2CNC1=CC(C)C(N)C=C1)OCO3. The molecule has 3 aromatic rings. The van der Waals surface area contributed by atoms with Crippen molar-refractivity contribution in [1.29, 1.82) is 0 Å². The van der Waals surface area contributed by atoms with Gasteiger partial charge in [0.2, 0.25) is 6.79 Å². The Morgan fingerprint density at radius 2 is 1.95 bits per heavy atom. The predicted octanol–water partition coefficient (Wildman–Crippen LogP) is 3.21. The molecular weight excluding hydrogens is 484 g/mol. The number of carbonyl (C=O) groups excluding carboxylic acids is 1. The normalized spacial score (nSPS) is 22.6. The van der Waals surface area contributed by atoms with Gasteiger partial charge in [0, 0.05) is 35.3 Å². The van der Waals surface area contributed by atoms with Gasteiger partial charge in [-0.15, -0.1) is 0 Å². The lowest BCUT2D eigenvalue weighted by atomic mass is 9.90. The number of aromatic nitrogens is 2. The third-order valence-corrected chi connectivity index (χ3v) is 8.14. The van der Waals surface area contributed by atoms with Crippen LogP contribution in [0.5, 0.6) is 11.5 Å². The van der Waals surface area contributed by atoms with Crippen molar-refractivity contribution in [1.82, 2.24) is 14.9 Å². The molecule has 3 N–H and O–H groups in total. The van der Waals surface area contributed by atoms with Crippen molar-refractivity contribution in [2.24, 2.45) is 11.7 Å². The van der Waals surface area contributed by atoms with Gasteiger partial charge in [-0.1, -0.05) is 26.0 Å². The van der Waals surface area contributed by atoms with Crippen LogP contribution in [-0.2, 0) is 29.2 Å². The molecule has 1 aromatic carbocycles. The van der Waals surface area contributed by atoms with E-state index in [-0.39, 0.29) is 36.9 Å². The molecule has 4 aliphatic rings. The summed E-state index contributed by atoms with van der Waals surface area (Å²) in [6.07, 6.45) is 6.72. The summed E-state index contributed by atoms with van der Waals surface area (Å²) in [4.78, 5) is 31.1. The summed E-state index contributed by atoms with van der Waals surface area (Å²) in [5.41, 5.74) is 12.6. The number of fused-ring (bicyclic) bond motifs is 6. The highest BCUT2D eigenvalue weighted by Crippen LogP contribution is 2.42. The van der Waals surface area contributed by atoms with Gasteiger partial charge in [0.25, 0.3) is 5.56 Å². The summed E-state index contributed by atoms with van der Waals surface area (Å²) >= 11 is 0. The van der Waals surface area contributed by atoms with Gasteiger partial charge in [0.1, 0.15) is 6.61 Å². The van der Waals surface area contributed by atoms with Gasteiger partial charge in [0.05, 0.1) is 34.9 Å². The van der Waals surface area contributed by atoms with Crippen molar-refractivity contribution >= 4 is 16.9 Å². The number of pyridine rings is 2. The Morgan fingerprint density at radius 3 is 2.74 bits per heavy atom. The summed E-state index contributed by atoms with van der Waals surface area (Å²) in [6, 6.07) is 5.84. The number of nitrogens with two attached hydrogens (primary N) is 1. The van der Waals surface area contributed by atoms with Crippen LogP contribution >= 0.6 is 0 Å². The molecule has 7 rings (SSSR count). The van der Waals surface area contributed by atoms with Crippen molar-refractivity contribution in [2.45, 2.75) is 51.9 Å². The number of benzene rings is 1. The fourth-order valence-electron chi connectivity index (χ4n) is 5.92. The van der Waals surface area contributed by atoms with Crippen LogP contribution < -0.4 is 26.1 Å². The van der Waals surface area contributed by atoms with Crippen LogP contribution in [0, 0.1) is 5.92 Å². The minimum atomic E-state index is -0.449. The number of ether oxygens (including phenoxy) is 3. The maximum atomic E-state index is 13.6. The Balaban J connectivity index is 1.39. The smallest absolute Gasteiger partial charge is 0.313 e. The molecule has 0 amide bonds. The van der Waals surface area contributed by atoms with Crippen LogP contribution in [0.4, 0.5) is 0 Å². The first kappa shape index (κ1) is 23.0. The van der Waals surface area contributed by atoms with Crippen molar-refractivity contribution in [3.63, 3.8) is 0 Å². The summed E-state index contributed by atoms with van der Waals surface area (Å²) in [7, 11) is 0. The van der Waals surface area contributed by atoms with Crippen LogP contribution in [0.1, 0.15) is 48.4 Å². The van der Waals surface area contributed by atoms with Gasteiger partial charge in [-0.05, 0) is 41.7 Å². The quantitative estimate of drug-likeness (QED) is 0.401. The Kier molecular flexibility index (Phi) is 5.13. The molecule has 0 radical (unpaired) electrons. The molecule has 0 spiro atoms. The number of hydrogen-bond donors (Lipinski definition) is 2. The Morgan fingerprint density at radius 1 is 1.13 bits per heavy atom. The highest BCUT2D eigenvalue weighted by atomic mass is 16.7. The third kappa shape index (κ3) is 3.38. The number of rotatable bonds is 4. The maximum Gasteiger partial charge on any atom is 0.313 e. The first-order chi connectivity index (χ1) is 18.4. The molecule has 38 heavy (non-hydrogen) atoms. The number of carbonyl (C=O) groups is 1. The van der Waals surface area contributed by atoms with Gasteiger partial charge in [-0.25, -0.2) is 4.98 Å². The molecule has 5 heterocycles. The fourth-order valence-corrected chi connectivity index (χ4v) is 5.92. The average Bonchev–Trinajstić information content (AvgIpc) is 3.52. The molecule has 1 aliphatic carbocycles. The summed E-state index contributed by atoms with van der Waals surface area (Å²) in [5, 5.41) is 4.51. The highest BCUT2D eigenvalue weighted by molar-refractivity contribution is 5.91. The number of hydrogen-bond acceptors (Lipinski definition) is 8. The predicted molar refractivity (Wildman–Crippen MR) is 141 cm³/mol. The van der Waals surface area contributed by atoms with Crippen LogP contribution in [0.3, 0.4) is 0 Å². The van der Waals surface area contributed by atoms with E-state index in [1.807, 2.05) is 37.3 Å². The zero-order chi connectivity index (χ0) is 26.1. The molecule has 3 atom stereocenters. The highest BCUT2D eigenvalue weighted by Gasteiger charge is 2.35. The number of esters is 1. The zero-order valence-corrected chi connectivity index (χ0v) is 21.2. The topological polar surface area (TPSA) is 118 Å². The average molecular weight is 513 g/mol. The molecule has 194 valence electrons. The van der Waals surface area contributed by atoms with E-state index in [0.717, 1.165) is 44.7 Å².